The maximum absolute atomic E-state index is 10.9. The van der Waals surface area contributed by atoms with Gasteiger partial charge in [0.05, 0.1) is 11.0 Å². The molecule has 2 atom stereocenters. The molecule has 2 bridgehead atoms. The molecule has 0 saturated carbocycles. The summed E-state index contributed by atoms with van der Waals surface area (Å²) in [6, 6.07) is 4.98. The number of aliphatic hydroxyl groups excluding tert-OH is 1. The Morgan fingerprint density at radius 2 is 2.10 bits per heavy atom. The molecule has 0 radical (unpaired) electrons. The van der Waals surface area contributed by atoms with E-state index in [-0.39, 0.29) is 22.9 Å². The lowest BCUT2D eigenvalue weighted by Gasteiger charge is -2.49. The lowest BCUT2D eigenvalue weighted by molar-refractivity contribution is -0.384. The van der Waals surface area contributed by atoms with E-state index in [1.807, 2.05) is 6.07 Å². The van der Waals surface area contributed by atoms with E-state index in [1.165, 1.54) is 6.07 Å². The fraction of sp³-hybridized carbons (Fsp3) is 0.571. The standard InChI is InChI=1S/C14H17ClN2O3/c15-11-2-1-9(7-12(11)17(19)20)8-13-14(18)10-3-5-16(13)6-4-10/h1-2,7,10,13-14,18H,3-6,8H2. The van der Waals surface area contributed by atoms with Crippen molar-refractivity contribution >= 4 is 17.3 Å². The molecule has 0 spiro atoms. The molecule has 3 aliphatic rings. The molecule has 0 amide bonds. The van der Waals surface area contributed by atoms with Crippen molar-refractivity contribution < 1.29 is 10.0 Å². The Labute approximate surface area is 122 Å². The van der Waals surface area contributed by atoms with E-state index in [4.69, 9.17) is 11.6 Å². The highest BCUT2D eigenvalue weighted by Crippen LogP contribution is 2.34. The van der Waals surface area contributed by atoms with Gasteiger partial charge >= 0.3 is 0 Å². The number of hydrogen-bond donors (Lipinski definition) is 1. The van der Waals surface area contributed by atoms with Crippen LogP contribution >= 0.6 is 11.6 Å². The highest BCUT2D eigenvalue weighted by Gasteiger charge is 2.41. The van der Waals surface area contributed by atoms with Gasteiger partial charge in [-0.2, -0.15) is 0 Å². The van der Waals surface area contributed by atoms with Crippen molar-refractivity contribution in [1.82, 2.24) is 4.90 Å². The molecule has 3 saturated heterocycles. The zero-order chi connectivity index (χ0) is 14.3. The second kappa shape index (κ2) is 5.31. The highest BCUT2D eigenvalue weighted by atomic mass is 35.5. The molecule has 6 heteroatoms. The molecule has 0 aromatic heterocycles. The third-order valence-electron chi connectivity index (χ3n) is 4.57. The van der Waals surface area contributed by atoms with Crippen LogP contribution in [0.2, 0.25) is 5.02 Å². The van der Waals surface area contributed by atoms with Crippen LogP contribution in [0.4, 0.5) is 5.69 Å². The van der Waals surface area contributed by atoms with Crippen LogP contribution in [-0.2, 0) is 6.42 Å². The molecule has 5 nitrogen and oxygen atoms in total. The summed E-state index contributed by atoms with van der Waals surface area (Å²) in [4.78, 5) is 12.8. The fourth-order valence-electron chi connectivity index (χ4n) is 3.44. The number of fused-ring (bicyclic) bond motifs is 3. The quantitative estimate of drug-likeness (QED) is 0.686. The summed E-state index contributed by atoms with van der Waals surface area (Å²) in [6.45, 7) is 2.03. The topological polar surface area (TPSA) is 66.6 Å². The number of rotatable bonds is 3. The van der Waals surface area contributed by atoms with Crippen LogP contribution in [0.5, 0.6) is 0 Å². The van der Waals surface area contributed by atoms with E-state index in [1.54, 1.807) is 6.07 Å². The van der Waals surface area contributed by atoms with Crippen LogP contribution in [0.1, 0.15) is 18.4 Å². The van der Waals surface area contributed by atoms with Crippen molar-refractivity contribution in [2.45, 2.75) is 31.4 Å². The van der Waals surface area contributed by atoms with Gasteiger partial charge in [-0.1, -0.05) is 17.7 Å². The van der Waals surface area contributed by atoms with Crippen molar-refractivity contribution in [2.24, 2.45) is 5.92 Å². The van der Waals surface area contributed by atoms with Gasteiger partial charge in [-0.3, -0.25) is 15.0 Å². The molecule has 0 aliphatic carbocycles. The number of nitro benzene ring substituents is 1. The monoisotopic (exact) mass is 296 g/mol. The number of aliphatic hydroxyl groups is 1. The Kier molecular flexibility index (Phi) is 3.67. The Morgan fingerprint density at radius 3 is 2.70 bits per heavy atom. The van der Waals surface area contributed by atoms with Gasteiger partial charge < -0.3 is 5.11 Å². The minimum atomic E-state index is -0.463. The van der Waals surface area contributed by atoms with E-state index >= 15 is 0 Å². The van der Waals surface area contributed by atoms with Crippen molar-refractivity contribution in [1.29, 1.82) is 0 Å². The van der Waals surface area contributed by atoms with Crippen LogP contribution in [0.3, 0.4) is 0 Å². The van der Waals surface area contributed by atoms with E-state index in [0.29, 0.717) is 12.3 Å². The minimum Gasteiger partial charge on any atom is -0.391 e. The second-order valence-electron chi connectivity index (χ2n) is 5.68. The van der Waals surface area contributed by atoms with Crippen LogP contribution in [0, 0.1) is 16.0 Å². The van der Waals surface area contributed by atoms with E-state index in [9.17, 15) is 15.2 Å². The van der Waals surface area contributed by atoms with E-state index in [2.05, 4.69) is 4.90 Å². The number of benzene rings is 1. The summed E-state index contributed by atoms with van der Waals surface area (Å²) < 4.78 is 0. The molecule has 1 aromatic carbocycles. The molecule has 3 fully saturated rings. The first-order chi connectivity index (χ1) is 9.56. The Bertz CT molecular complexity index is 527. The SMILES string of the molecule is O=[N+]([O-])c1cc(CC2C(O)C3CCN2CC3)ccc1Cl. The van der Waals surface area contributed by atoms with Gasteiger partial charge in [0.15, 0.2) is 0 Å². The maximum atomic E-state index is 10.9. The van der Waals surface area contributed by atoms with Crippen LogP contribution < -0.4 is 0 Å². The molecular formula is C14H17ClN2O3. The van der Waals surface area contributed by atoms with Crippen molar-refractivity contribution in [3.05, 3.63) is 38.9 Å². The summed E-state index contributed by atoms with van der Waals surface area (Å²) in [5.74, 6) is 0.382. The highest BCUT2D eigenvalue weighted by molar-refractivity contribution is 6.32. The summed E-state index contributed by atoms with van der Waals surface area (Å²) in [7, 11) is 0. The zero-order valence-electron chi connectivity index (χ0n) is 11.0. The summed E-state index contributed by atoms with van der Waals surface area (Å²) in [5.41, 5.74) is 0.798. The van der Waals surface area contributed by atoms with E-state index < -0.39 is 4.92 Å². The number of nitro groups is 1. The molecule has 3 aliphatic heterocycles. The number of halogens is 1. The zero-order valence-corrected chi connectivity index (χ0v) is 11.8. The smallest absolute Gasteiger partial charge is 0.288 e. The van der Waals surface area contributed by atoms with Gasteiger partial charge in [0.1, 0.15) is 5.02 Å². The van der Waals surface area contributed by atoms with Crippen LogP contribution in [-0.4, -0.2) is 40.2 Å². The van der Waals surface area contributed by atoms with Crippen molar-refractivity contribution in [3.8, 4) is 0 Å². The van der Waals surface area contributed by atoms with Crippen LogP contribution in [0.15, 0.2) is 18.2 Å². The third-order valence-corrected chi connectivity index (χ3v) is 4.89. The van der Waals surface area contributed by atoms with Crippen LogP contribution in [0.25, 0.3) is 0 Å². The molecular weight excluding hydrogens is 280 g/mol. The first-order valence-corrected chi connectivity index (χ1v) is 7.29. The lowest BCUT2D eigenvalue weighted by Crippen LogP contribution is -2.58. The normalized spacial score (nSPS) is 32.3. The molecule has 1 N–H and O–H groups in total. The van der Waals surface area contributed by atoms with Gasteiger partial charge in [0.25, 0.3) is 5.69 Å². The first-order valence-electron chi connectivity index (χ1n) is 6.91. The Balaban J connectivity index is 1.81. The van der Waals surface area contributed by atoms with Gasteiger partial charge in [-0.15, -0.1) is 0 Å². The molecule has 2 unspecified atom stereocenters. The van der Waals surface area contributed by atoms with Gasteiger partial charge in [-0.25, -0.2) is 0 Å². The summed E-state index contributed by atoms with van der Waals surface area (Å²) in [6.07, 6.45) is 2.42. The third kappa shape index (κ3) is 2.41. The molecule has 20 heavy (non-hydrogen) atoms. The predicted octanol–water partition coefficient (Wildman–Crippen LogP) is 2.25. The Hall–Kier alpha value is -1.17. The lowest BCUT2D eigenvalue weighted by atomic mass is 9.78. The number of nitrogens with zero attached hydrogens (tertiary/aromatic N) is 2. The molecule has 1 aromatic rings. The first kappa shape index (κ1) is 13.8. The average Bonchev–Trinajstić information content (AvgIpc) is 2.45. The second-order valence-corrected chi connectivity index (χ2v) is 6.09. The molecule has 108 valence electrons. The average molecular weight is 297 g/mol. The number of hydrogen-bond acceptors (Lipinski definition) is 4. The minimum absolute atomic E-state index is 0.0605. The number of piperidine rings is 3. The summed E-state index contributed by atoms with van der Waals surface area (Å²) in [5, 5.41) is 21.4. The summed E-state index contributed by atoms with van der Waals surface area (Å²) >= 11 is 5.82. The maximum Gasteiger partial charge on any atom is 0.288 e. The van der Waals surface area contributed by atoms with E-state index in [0.717, 1.165) is 31.5 Å². The molecule has 3 heterocycles. The van der Waals surface area contributed by atoms with Crippen molar-refractivity contribution in [2.75, 3.05) is 13.1 Å². The predicted molar refractivity (Wildman–Crippen MR) is 75.9 cm³/mol. The molecule has 4 rings (SSSR count). The largest absolute Gasteiger partial charge is 0.391 e. The van der Waals surface area contributed by atoms with Gasteiger partial charge in [0.2, 0.25) is 0 Å². The van der Waals surface area contributed by atoms with Gasteiger partial charge in [0, 0.05) is 12.1 Å². The van der Waals surface area contributed by atoms with Crippen molar-refractivity contribution in [3.63, 3.8) is 0 Å². The van der Waals surface area contributed by atoms with Gasteiger partial charge in [-0.05, 0) is 49.9 Å². The Morgan fingerprint density at radius 1 is 1.40 bits per heavy atom. The fourth-order valence-corrected chi connectivity index (χ4v) is 3.63.